The summed E-state index contributed by atoms with van der Waals surface area (Å²) in [6.45, 7) is 0. The molecule has 0 fully saturated rings. The molecule has 3 rings (SSSR count). The van der Waals surface area contributed by atoms with Gasteiger partial charge in [0.2, 0.25) is 0 Å². The summed E-state index contributed by atoms with van der Waals surface area (Å²) in [5.41, 5.74) is 8.39. The van der Waals surface area contributed by atoms with Crippen LogP contribution in [0.5, 0.6) is 11.5 Å². The topological polar surface area (TPSA) is 86.0 Å². The Labute approximate surface area is 134 Å². The van der Waals surface area contributed by atoms with Crippen molar-refractivity contribution in [3.8, 4) is 22.9 Å². The molecule has 1 aromatic heterocycles. The summed E-state index contributed by atoms with van der Waals surface area (Å²) in [6, 6.07) is 13.3. The molecule has 0 atom stereocenters. The number of anilines is 1. The van der Waals surface area contributed by atoms with Gasteiger partial charge in [-0.05, 0) is 29.8 Å². The molecule has 0 unspecified atom stereocenters. The van der Waals surface area contributed by atoms with Gasteiger partial charge in [0.15, 0.2) is 5.82 Å². The Kier molecular flexibility index (Phi) is 4.14. The van der Waals surface area contributed by atoms with Crippen molar-refractivity contribution >= 4 is 5.69 Å². The number of methoxy groups -OCH3 is 2. The normalized spacial score (nSPS) is 10.5. The maximum absolute atomic E-state index is 5.70. The van der Waals surface area contributed by atoms with Crippen molar-refractivity contribution in [3.05, 3.63) is 53.9 Å². The molecule has 2 aromatic carbocycles. The number of nitrogens with two attached hydrogens (primary N) is 1. The van der Waals surface area contributed by atoms with Crippen molar-refractivity contribution < 1.29 is 9.47 Å². The summed E-state index contributed by atoms with van der Waals surface area (Å²) >= 11 is 0. The van der Waals surface area contributed by atoms with Gasteiger partial charge in [-0.1, -0.05) is 12.1 Å². The number of aromatic nitrogens is 3. The number of hydrogen-bond donors (Lipinski definition) is 2. The first-order chi connectivity index (χ1) is 11.2. The summed E-state index contributed by atoms with van der Waals surface area (Å²) in [4.78, 5) is 4.54. The van der Waals surface area contributed by atoms with Crippen LogP contribution in [0.2, 0.25) is 0 Å². The minimum atomic E-state index is 0.604. The number of aromatic amines is 1. The van der Waals surface area contributed by atoms with Gasteiger partial charge < -0.3 is 15.2 Å². The van der Waals surface area contributed by atoms with E-state index >= 15 is 0 Å². The van der Waals surface area contributed by atoms with Gasteiger partial charge in [-0.3, -0.25) is 5.10 Å². The monoisotopic (exact) mass is 310 g/mol. The highest BCUT2D eigenvalue weighted by Crippen LogP contribution is 2.27. The lowest BCUT2D eigenvalue weighted by molar-refractivity contribution is 0.394. The lowest BCUT2D eigenvalue weighted by Crippen LogP contribution is -1.92. The summed E-state index contributed by atoms with van der Waals surface area (Å²) < 4.78 is 10.5. The predicted molar refractivity (Wildman–Crippen MR) is 88.6 cm³/mol. The van der Waals surface area contributed by atoms with Gasteiger partial charge in [-0.2, -0.15) is 5.10 Å². The SMILES string of the molecule is COc1cc(OC)cc(-c2n[nH]c(Cc3ccc(N)cc3)n2)c1. The first-order valence-electron chi connectivity index (χ1n) is 7.17. The van der Waals surface area contributed by atoms with Crippen LogP contribution in [0.1, 0.15) is 11.4 Å². The highest BCUT2D eigenvalue weighted by atomic mass is 16.5. The molecule has 23 heavy (non-hydrogen) atoms. The lowest BCUT2D eigenvalue weighted by Gasteiger charge is -2.06. The number of nitrogen functional groups attached to an aromatic ring is 1. The van der Waals surface area contributed by atoms with Crippen LogP contribution in [-0.4, -0.2) is 29.4 Å². The van der Waals surface area contributed by atoms with Gasteiger partial charge >= 0.3 is 0 Å². The van der Waals surface area contributed by atoms with Crippen LogP contribution < -0.4 is 15.2 Å². The largest absolute Gasteiger partial charge is 0.497 e. The Bertz CT molecular complexity index is 774. The summed E-state index contributed by atoms with van der Waals surface area (Å²) in [5.74, 6) is 2.78. The van der Waals surface area contributed by atoms with Crippen LogP contribution in [0.4, 0.5) is 5.69 Å². The third-order valence-electron chi connectivity index (χ3n) is 3.49. The maximum atomic E-state index is 5.70. The fourth-order valence-electron chi connectivity index (χ4n) is 2.27. The van der Waals surface area contributed by atoms with Crippen LogP contribution in [-0.2, 0) is 6.42 Å². The zero-order valence-electron chi connectivity index (χ0n) is 13.0. The molecule has 0 saturated carbocycles. The number of rotatable bonds is 5. The van der Waals surface area contributed by atoms with E-state index in [9.17, 15) is 0 Å². The van der Waals surface area contributed by atoms with Gasteiger partial charge in [0.05, 0.1) is 14.2 Å². The third-order valence-corrected chi connectivity index (χ3v) is 3.49. The number of nitrogens with one attached hydrogen (secondary N) is 1. The van der Waals surface area contributed by atoms with Crippen LogP contribution in [0.3, 0.4) is 0 Å². The third kappa shape index (κ3) is 3.42. The molecule has 3 N–H and O–H groups in total. The van der Waals surface area contributed by atoms with E-state index in [4.69, 9.17) is 15.2 Å². The second-order valence-electron chi connectivity index (χ2n) is 5.13. The van der Waals surface area contributed by atoms with E-state index < -0.39 is 0 Å². The molecule has 0 radical (unpaired) electrons. The molecule has 0 amide bonds. The van der Waals surface area contributed by atoms with Gasteiger partial charge in [0, 0.05) is 23.7 Å². The van der Waals surface area contributed by atoms with Gasteiger partial charge in [0.25, 0.3) is 0 Å². The first kappa shape index (κ1) is 14.9. The minimum Gasteiger partial charge on any atom is -0.497 e. The molecule has 0 saturated heterocycles. The molecule has 3 aromatic rings. The van der Waals surface area contributed by atoms with Gasteiger partial charge in [-0.25, -0.2) is 4.98 Å². The second kappa shape index (κ2) is 6.39. The van der Waals surface area contributed by atoms with Crippen molar-refractivity contribution in [2.45, 2.75) is 6.42 Å². The highest BCUT2D eigenvalue weighted by Gasteiger charge is 2.10. The van der Waals surface area contributed by atoms with Crippen molar-refractivity contribution in [3.63, 3.8) is 0 Å². The second-order valence-corrected chi connectivity index (χ2v) is 5.13. The number of nitrogens with zero attached hydrogens (tertiary/aromatic N) is 2. The number of H-pyrrole nitrogens is 1. The molecule has 6 nitrogen and oxygen atoms in total. The average molecular weight is 310 g/mol. The average Bonchev–Trinajstić information content (AvgIpc) is 3.05. The lowest BCUT2D eigenvalue weighted by atomic mass is 10.1. The minimum absolute atomic E-state index is 0.604. The van der Waals surface area contributed by atoms with E-state index in [2.05, 4.69) is 15.2 Å². The maximum Gasteiger partial charge on any atom is 0.181 e. The van der Waals surface area contributed by atoms with Crippen molar-refractivity contribution in [1.82, 2.24) is 15.2 Å². The van der Waals surface area contributed by atoms with Crippen LogP contribution in [0, 0.1) is 0 Å². The fraction of sp³-hybridized carbons (Fsp3) is 0.176. The summed E-state index contributed by atoms with van der Waals surface area (Å²) in [5, 5.41) is 7.25. The predicted octanol–water partition coefficient (Wildman–Crippen LogP) is 2.66. The van der Waals surface area contributed by atoms with E-state index in [1.54, 1.807) is 14.2 Å². The molecule has 6 heteroatoms. The Morgan fingerprint density at radius 2 is 1.65 bits per heavy atom. The smallest absolute Gasteiger partial charge is 0.181 e. The van der Waals surface area contributed by atoms with E-state index in [0.29, 0.717) is 23.7 Å². The summed E-state index contributed by atoms with van der Waals surface area (Å²) in [6.07, 6.45) is 0.661. The number of ether oxygens (including phenoxy) is 2. The highest BCUT2D eigenvalue weighted by molar-refractivity contribution is 5.60. The Morgan fingerprint density at radius 3 is 2.26 bits per heavy atom. The molecule has 0 spiro atoms. The molecule has 0 aliphatic heterocycles. The Hall–Kier alpha value is -3.02. The Balaban J connectivity index is 1.85. The zero-order valence-corrected chi connectivity index (χ0v) is 13.0. The van der Waals surface area contributed by atoms with Crippen molar-refractivity contribution in [1.29, 1.82) is 0 Å². The quantitative estimate of drug-likeness (QED) is 0.708. The van der Waals surface area contributed by atoms with E-state index in [1.807, 2.05) is 42.5 Å². The Morgan fingerprint density at radius 1 is 1.00 bits per heavy atom. The zero-order chi connectivity index (χ0) is 16.2. The molecule has 0 aliphatic carbocycles. The van der Waals surface area contributed by atoms with Crippen LogP contribution >= 0.6 is 0 Å². The molecule has 0 bridgehead atoms. The summed E-state index contributed by atoms with van der Waals surface area (Å²) in [7, 11) is 3.23. The molecular formula is C17H18N4O2. The number of benzene rings is 2. The van der Waals surface area contributed by atoms with E-state index in [1.165, 1.54) is 0 Å². The first-order valence-corrected chi connectivity index (χ1v) is 7.17. The molecular weight excluding hydrogens is 292 g/mol. The van der Waals surface area contributed by atoms with Crippen LogP contribution in [0.15, 0.2) is 42.5 Å². The van der Waals surface area contributed by atoms with Crippen molar-refractivity contribution in [2.24, 2.45) is 0 Å². The molecule has 1 heterocycles. The standard InChI is InChI=1S/C17H18N4O2/c1-22-14-8-12(9-15(10-14)23-2)17-19-16(20-21-17)7-11-3-5-13(18)6-4-11/h3-6,8-10H,7,18H2,1-2H3,(H,19,20,21). The van der Waals surface area contributed by atoms with E-state index in [-0.39, 0.29) is 0 Å². The van der Waals surface area contributed by atoms with Gasteiger partial charge in [-0.15, -0.1) is 0 Å². The molecule has 0 aliphatic rings. The molecule has 118 valence electrons. The van der Waals surface area contributed by atoms with E-state index in [0.717, 1.165) is 22.6 Å². The fourth-order valence-corrected chi connectivity index (χ4v) is 2.27. The number of hydrogen-bond acceptors (Lipinski definition) is 5. The van der Waals surface area contributed by atoms with Crippen LogP contribution in [0.25, 0.3) is 11.4 Å². The van der Waals surface area contributed by atoms with Crippen molar-refractivity contribution in [2.75, 3.05) is 20.0 Å². The van der Waals surface area contributed by atoms with Gasteiger partial charge in [0.1, 0.15) is 17.3 Å².